The molecule has 0 unspecified atom stereocenters. The fraction of sp³-hybridized carbons (Fsp3) is 0.235. The predicted molar refractivity (Wildman–Crippen MR) is 88.7 cm³/mol. The Labute approximate surface area is 122 Å². The van der Waals surface area contributed by atoms with Crippen LogP contribution in [0.25, 0.3) is 0 Å². The summed E-state index contributed by atoms with van der Waals surface area (Å²) in [6.07, 6.45) is 0. The van der Waals surface area contributed by atoms with Gasteiger partial charge in [-0.3, -0.25) is 0 Å². The van der Waals surface area contributed by atoms with Gasteiger partial charge in [0.15, 0.2) is 0 Å². The lowest BCUT2D eigenvalue weighted by Gasteiger charge is -2.24. The van der Waals surface area contributed by atoms with Crippen LogP contribution < -0.4 is 15.3 Å². The Kier molecular flexibility index (Phi) is 3.96. The fourth-order valence-corrected chi connectivity index (χ4v) is 4.64. The van der Waals surface area contributed by atoms with Crippen molar-refractivity contribution in [2.75, 3.05) is 19.0 Å². The highest BCUT2D eigenvalue weighted by Crippen LogP contribution is 2.12. The van der Waals surface area contributed by atoms with E-state index in [1.165, 1.54) is 16.1 Å². The monoisotopic (exact) mass is 280 g/mol. The van der Waals surface area contributed by atoms with Gasteiger partial charge in [-0.05, 0) is 24.3 Å². The van der Waals surface area contributed by atoms with Gasteiger partial charge in [-0.1, -0.05) is 47.7 Å². The highest BCUT2D eigenvalue weighted by Gasteiger charge is 2.25. The summed E-state index contributed by atoms with van der Waals surface area (Å²) in [6, 6.07) is 19.0. The molecule has 0 atom stereocenters. The molecule has 0 aliphatic carbocycles. The molecule has 0 aliphatic heterocycles. The first-order valence-corrected chi connectivity index (χ1v) is 9.73. The minimum Gasteiger partial charge on any atom is -0.378 e. The maximum atomic E-state index is 8.89. The van der Waals surface area contributed by atoms with Gasteiger partial charge in [0.1, 0.15) is 8.07 Å². The number of nitriles is 1. The van der Waals surface area contributed by atoms with E-state index in [1.54, 1.807) is 0 Å². The standard InChI is InChI=1S/C17H20N2Si/c1-19(2)15-7-11-17(12-8-15)20(3,4)16-9-5-14(13-18)6-10-16/h5-12H,1-4H3. The second-order valence-corrected chi connectivity index (χ2v) is 10.2. The molecular formula is C17H20N2Si. The van der Waals surface area contributed by atoms with E-state index >= 15 is 0 Å². The zero-order valence-corrected chi connectivity index (χ0v) is 13.5. The van der Waals surface area contributed by atoms with E-state index < -0.39 is 8.07 Å². The van der Waals surface area contributed by atoms with Crippen molar-refractivity contribution >= 4 is 24.1 Å². The first-order chi connectivity index (χ1) is 9.45. The van der Waals surface area contributed by atoms with Gasteiger partial charge in [-0.15, -0.1) is 0 Å². The molecule has 2 nitrogen and oxygen atoms in total. The molecule has 2 aromatic carbocycles. The molecule has 0 N–H and O–H groups in total. The third-order valence-electron chi connectivity index (χ3n) is 3.84. The van der Waals surface area contributed by atoms with Crippen molar-refractivity contribution in [3.8, 4) is 6.07 Å². The molecule has 0 aliphatic rings. The molecule has 102 valence electrons. The van der Waals surface area contributed by atoms with E-state index in [1.807, 2.05) is 12.1 Å². The van der Waals surface area contributed by atoms with Crippen molar-refractivity contribution in [2.24, 2.45) is 0 Å². The Morgan fingerprint density at radius 2 is 1.30 bits per heavy atom. The van der Waals surface area contributed by atoms with Gasteiger partial charge >= 0.3 is 0 Å². The quantitative estimate of drug-likeness (QED) is 0.808. The van der Waals surface area contributed by atoms with Crippen LogP contribution in [0.15, 0.2) is 48.5 Å². The topological polar surface area (TPSA) is 27.0 Å². The Morgan fingerprint density at radius 3 is 1.70 bits per heavy atom. The molecule has 0 radical (unpaired) electrons. The largest absolute Gasteiger partial charge is 0.378 e. The molecule has 2 rings (SSSR count). The number of anilines is 1. The highest BCUT2D eigenvalue weighted by molar-refractivity contribution is 7.00. The summed E-state index contributed by atoms with van der Waals surface area (Å²) < 4.78 is 0. The number of nitrogens with zero attached hydrogens (tertiary/aromatic N) is 2. The zero-order chi connectivity index (χ0) is 14.8. The minimum absolute atomic E-state index is 0.724. The third-order valence-corrected chi connectivity index (χ3v) is 7.39. The Balaban J connectivity index is 2.35. The van der Waals surface area contributed by atoms with E-state index in [4.69, 9.17) is 5.26 Å². The van der Waals surface area contributed by atoms with Crippen molar-refractivity contribution < 1.29 is 0 Å². The Morgan fingerprint density at radius 1 is 0.850 bits per heavy atom. The van der Waals surface area contributed by atoms with Crippen LogP contribution in [0.1, 0.15) is 5.56 Å². The van der Waals surface area contributed by atoms with E-state index in [-0.39, 0.29) is 0 Å². The summed E-state index contributed by atoms with van der Waals surface area (Å²) in [5.41, 5.74) is 1.94. The van der Waals surface area contributed by atoms with Crippen LogP contribution in [-0.4, -0.2) is 22.2 Å². The number of hydrogen-bond acceptors (Lipinski definition) is 2. The van der Waals surface area contributed by atoms with Crippen molar-refractivity contribution in [3.63, 3.8) is 0 Å². The summed E-state index contributed by atoms with van der Waals surface area (Å²) >= 11 is 0. The predicted octanol–water partition coefficient (Wildman–Crippen LogP) is 2.45. The van der Waals surface area contributed by atoms with Gasteiger partial charge < -0.3 is 4.90 Å². The van der Waals surface area contributed by atoms with Crippen molar-refractivity contribution in [3.05, 3.63) is 54.1 Å². The van der Waals surface area contributed by atoms with E-state index in [0.717, 1.165) is 5.56 Å². The third kappa shape index (κ3) is 2.76. The summed E-state index contributed by atoms with van der Waals surface area (Å²) in [5, 5.41) is 11.7. The molecule has 0 spiro atoms. The summed E-state index contributed by atoms with van der Waals surface area (Å²) in [7, 11) is 2.43. The van der Waals surface area contributed by atoms with Crippen LogP contribution in [0.2, 0.25) is 13.1 Å². The molecule has 3 heteroatoms. The number of rotatable bonds is 3. The lowest BCUT2D eigenvalue weighted by atomic mass is 10.2. The van der Waals surface area contributed by atoms with E-state index in [9.17, 15) is 0 Å². The molecule has 0 amide bonds. The van der Waals surface area contributed by atoms with Gasteiger partial charge in [0.05, 0.1) is 11.6 Å². The van der Waals surface area contributed by atoms with Gasteiger partial charge in [0.25, 0.3) is 0 Å². The lowest BCUT2D eigenvalue weighted by molar-refractivity contribution is 1.13. The maximum absolute atomic E-state index is 8.89. The average molecular weight is 280 g/mol. The molecule has 0 saturated carbocycles. The normalized spacial score (nSPS) is 10.9. The van der Waals surface area contributed by atoms with Gasteiger partial charge in [0, 0.05) is 19.8 Å². The number of hydrogen-bond donors (Lipinski definition) is 0. The first-order valence-electron chi connectivity index (χ1n) is 6.73. The average Bonchev–Trinajstić information content (AvgIpc) is 2.47. The molecule has 0 bridgehead atoms. The van der Waals surface area contributed by atoms with Gasteiger partial charge in [0.2, 0.25) is 0 Å². The van der Waals surface area contributed by atoms with Crippen molar-refractivity contribution in [1.82, 2.24) is 0 Å². The van der Waals surface area contributed by atoms with Gasteiger partial charge in [-0.2, -0.15) is 5.26 Å². The summed E-state index contributed by atoms with van der Waals surface area (Å²) in [5.74, 6) is 0. The molecule has 0 aromatic heterocycles. The molecular weight excluding hydrogens is 260 g/mol. The maximum Gasteiger partial charge on any atom is 0.112 e. The van der Waals surface area contributed by atoms with Crippen LogP contribution in [0.3, 0.4) is 0 Å². The minimum atomic E-state index is -1.68. The fourth-order valence-electron chi connectivity index (χ4n) is 2.30. The first kappa shape index (κ1) is 14.4. The molecule has 0 heterocycles. The zero-order valence-electron chi connectivity index (χ0n) is 12.5. The van der Waals surface area contributed by atoms with Crippen LogP contribution in [-0.2, 0) is 0 Å². The SMILES string of the molecule is CN(C)c1ccc([Si](C)(C)c2ccc(C#N)cc2)cc1. The number of benzene rings is 2. The molecule has 2 aromatic rings. The second-order valence-electron chi connectivity index (χ2n) is 5.76. The van der Waals surface area contributed by atoms with Gasteiger partial charge in [-0.25, -0.2) is 0 Å². The summed E-state index contributed by atoms with van der Waals surface area (Å²) in [6.45, 7) is 4.69. The molecule has 0 saturated heterocycles. The Bertz CT molecular complexity index is 620. The Hall–Kier alpha value is -2.05. The molecule has 20 heavy (non-hydrogen) atoms. The van der Waals surface area contributed by atoms with Crippen LogP contribution >= 0.6 is 0 Å². The van der Waals surface area contributed by atoms with Crippen LogP contribution in [0.5, 0.6) is 0 Å². The highest BCUT2D eigenvalue weighted by atomic mass is 28.3. The summed E-state index contributed by atoms with van der Waals surface area (Å²) in [4.78, 5) is 2.11. The van der Waals surface area contributed by atoms with Crippen molar-refractivity contribution in [1.29, 1.82) is 5.26 Å². The van der Waals surface area contributed by atoms with Crippen molar-refractivity contribution in [2.45, 2.75) is 13.1 Å². The molecule has 0 fully saturated rings. The smallest absolute Gasteiger partial charge is 0.112 e. The van der Waals surface area contributed by atoms with E-state index in [0.29, 0.717) is 0 Å². The van der Waals surface area contributed by atoms with E-state index in [2.05, 4.69) is 74.6 Å². The van der Waals surface area contributed by atoms with Crippen LogP contribution in [0.4, 0.5) is 5.69 Å². The lowest BCUT2D eigenvalue weighted by Crippen LogP contribution is -2.52. The van der Waals surface area contributed by atoms with Crippen LogP contribution in [0, 0.1) is 11.3 Å². The second kappa shape index (κ2) is 5.52.